The number of nitrogens with zero attached hydrogens (tertiary/aromatic N) is 2. The molecule has 1 amide bonds. The van der Waals surface area contributed by atoms with Gasteiger partial charge in [0.25, 0.3) is 0 Å². The fourth-order valence-corrected chi connectivity index (χ4v) is 6.00. The Morgan fingerprint density at radius 3 is 2.45 bits per heavy atom. The zero-order valence-corrected chi connectivity index (χ0v) is 23.2. The minimum Gasteiger partial charge on any atom is -0.481 e. The second kappa shape index (κ2) is 12.5. The molecule has 2 N–H and O–H groups in total. The molecule has 40 heavy (non-hydrogen) atoms. The van der Waals surface area contributed by atoms with Gasteiger partial charge in [-0.25, -0.2) is 12.8 Å². The standard InChI is InChI=1S/C30H32FN3O5S/c1-3-34(4-2)16-17-40(38,39)24-12-10-23(11-13-24)32-29(21-7-5-6-20(18-21)8-15-27(35)36)28-25-14-9-22(31)19-26(25)33-30(28)37/h5-7,9-14,18-19,28H,3-4,8,15-17H2,1-2H3,(H,33,37)(H,35,36). The van der Waals surface area contributed by atoms with Crippen LogP contribution < -0.4 is 5.32 Å². The Balaban J connectivity index is 1.72. The molecule has 0 bridgehead atoms. The largest absolute Gasteiger partial charge is 0.481 e. The molecule has 10 heteroatoms. The van der Waals surface area contributed by atoms with Gasteiger partial charge in [-0.1, -0.05) is 38.1 Å². The lowest BCUT2D eigenvalue weighted by molar-refractivity contribution is -0.137. The molecule has 3 aromatic carbocycles. The number of fused-ring (bicyclic) bond motifs is 1. The van der Waals surface area contributed by atoms with E-state index in [9.17, 15) is 22.4 Å². The minimum absolute atomic E-state index is 0.00126. The molecule has 0 aliphatic carbocycles. The predicted octanol–water partition coefficient (Wildman–Crippen LogP) is 4.82. The van der Waals surface area contributed by atoms with E-state index in [1.54, 1.807) is 42.5 Å². The van der Waals surface area contributed by atoms with Crippen molar-refractivity contribution in [1.82, 2.24) is 4.90 Å². The van der Waals surface area contributed by atoms with Crippen LogP contribution >= 0.6 is 0 Å². The van der Waals surface area contributed by atoms with Crippen LogP contribution in [0, 0.1) is 5.82 Å². The van der Waals surface area contributed by atoms with Gasteiger partial charge in [0.1, 0.15) is 11.7 Å². The highest BCUT2D eigenvalue weighted by molar-refractivity contribution is 7.91. The van der Waals surface area contributed by atoms with Crippen molar-refractivity contribution in [3.63, 3.8) is 0 Å². The molecular weight excluding hydrogens is 533 g/mol. The first kappa shape index (κ1) is 29.1. The zero-order chi connectivity index (χ0) is 28.9. The lowest BCUT2D eigenvalue weighted by Crippen LogP contribution is -2.29. The quantitative estimate of drug-likeness (QED) is 0.305. The molecule has 8 nitrogen and oxygen atoms in total. The molecule has 210 valence electrons. The molecule has 0 saturated carbocycles. The van der Waals surface area contributed by atoms with E-state index in [0.29, 0.717) is 41.2 Å². The summed E-state index contributed by atoms with van der Waals surface area (Å²) < 4.78 is 39.7. The highest BCUT2D eigenvalue weighted by Crippen LogP contribution is 2.37. The number of halogens is 1. The van der Waals surface area contributed by atoms with Gasteiger partial charge in [-0.15, -0.1) is 0 Å². The molecule has 0 fully saturated rings. The summed E-state index contributed by atoms with van der Waals surface area (Å²) in [5, 5.41) is 11.8. The van der Waals surface area contributed by atoms with Gasteiger partial charge in [-0.3, -0.25) is 14.6 Å². The van der Waals surface area contributed by atoms with Crippen molar-refractivity contribution in [2.75, 3.05) is 30.7 Å². The number of nitrogens with one attached hydrogen (secondary N) is 1. The van der Waals surface area contributed by atoms with E-state index in [-0.39, 0.29) is 23.0 Å². The van der Waals surface area contributed by atoms with E-state index >= 15 is 0 Å². The number of amides is 1. The molecule has 4 rings (SSSR count). The van der Waals surface area contributed by atoms with E-state index in [1.807, 2.05) is 18.7 Å². The molecule has 3 aromatic rings. The number of aliphatic carboxylic acids is 1. The summed E-state index contributed by atoms with van der Waals surface area (Å²) in [7, 11) is -3.50. The molecule has 1 unspecified atom stereocenters. The number of hydrogen-bond donors (Lipinski definition) is 2. The number of sulfone groups is 1. The number of benzene rings is 3. The number of anilines is 1. The molecule has 1 heterocycles. The van der Waals surface area contributed by atoms with Gasteiger partial charge in [0.15, 0.2) is 9.84 Å². The summed E-state index contributed by atoms with van der Waals surface area (Å²) in [6.07, 6.45) is 0.251. The average Bonchev–Trinajstić information content (AvgIpc) is 3.25. The first-order valence-corrected chi connectivity index (χ1v) is 14.8. The number of carboxylic acid groups (broad SMARTS) is 1. The van der Waals surface area contributed by atoms with Gasteiger partial charge >= 0.3 is 5.97 Å². The number of aliphatic imine (C=N–C) groups is 1. The molecule has 0 saturated heterocycles. The van der Waals surface area contributed by atoms with E-state index in [2.05, 4.69) is 5.32 Å². The maximum absolute atomic E-state index is 13.9. The molecule has 1 aliphatic heterocycles. The Bertz CT molecular complexity index is 1530. The summed E-state index contributed by atoms with van der Waals surface area (Å²) in [6, 6.07) is 17.4. The SMILES string of the molecule is CCN(CC)CCS(=O)(=O)c1ccc(N=C(c2cccc(CCC(=O)O)c2)C2C(=O)Nc3cc(F)ccc32)cc1. The van der Waals surface area contributed by atoms with E-state index < -0.39 is 27.5 Å². The van der Waals surface area contributed by atoms with Crippen molar-refractivity contribution >= 4 is 38.8 Å². The molecule has 0 aromatic heterocycles. The first-order chi connectivity index (χ1) is 19.1. The normalized spacial score (nSPS) is 15.2. The van der Waals surface area contributed by atoms with Crippen molar-refractivity contribution < 1.29 is 27.5 Å². The van der Waals surface area contributed by atoms with Crippen LogP contribution in [0.4, 0.5) is 15.8 Å². The van der Waals surface area contributed by atoms with Crippen LogP contribution in [0.3, 0.4) is 0 Å². The van der Waals surface area contributed by atoms with Crippen LogP contribution in [0.5, 0.6) is 0 Å². The lowest BCUT2D eigenvalue weighted by atomic mass is 9.89. The highest BCUT2D eigenvalue weighted by Gasteiger charge is 2.35. The number of carboxylic acids is 1. The van der Waals surface area contributed by atoms with Gasteiger partial charge in [-0.05, 0) is 78.7 Å². The monoisotopic (exact) mass is 565 g/mol. The number of rotatable bonds is 12. The smallest absolute Gasteiger partial charge is 0.303 e. The molecule has 1 atom stereocenters. The van der Waals surface area contributed by atoms with E-state index in [4.69, 9.17) is 10.1 Å². The summed E-state index contributed by atoms with van der Waals surface area (Å²) in [5.74, 6) is -2.61. The third kappa shape index (κ3) is 6.81. The van der Waals surface area contributed by atoms with Crippen LogP contribution in [0.15, 0.2) is 76.6 Å². The van der Waals surface area contributed by atoms with Crippen molar-refractivity contribution in [2.24, 2.45) is 4.99 Å². The Hall–Kier alpha value is -3.89. The summed E-state index contributed by atoms with van der Waals surface area (Å²) in [6.45, 7) is 5.95. The fourth-order valence-electron chi connectivity index (χ4n) is 4.71. The van der Waals surface area contributed by atoms with Crippen LogP contribution in [-0.4, -0.2) is 61.4 Å². The Morgan fingerprint density at radius 2 is 1.77 bits per heavy atom. The fraction of sp³-hybridized carbons (Fsp3) is 0.300. The summed E-state index contributed by atoms with van der Waals surface area (Å²) in [5.41, 5.74) is 3.13. The summed E-state index contributed by atoms with van der Waals surface area (Å²) in [4.78, 5) is 31.3. The van der Waals surface area contributed by atoms with Gasteiger partial charge in [0.05, 0.1) is 22.0 Å². The van der Waals surface area contributed by atoms with Gasteiger partial charge in [0.2, 0.25) is 5.91 Å². The van der Waals surface area contributed by atoms with Crippen LogP contribution in [0.25, 0.3) is 0 Å². The van der Waals surface area contributed by atoms with Crippen molar-refractivity contribution in [2.45, 2.75) is 37.5 Å². The maximum Gasteiger partial charge on any atom is 0.303 e. The van der Waals surface area contributed by atoms with Crippen molar-refractivity contribution in [1.29, 1.82) is 0 Å². The topological polar surface area (TPSA) is 116 Å². The van der Waals surface area contributed by atoms with Crippen LogP contribution in [0.1, 0.15) is 42.9 Å². The molecular formula is C30H32FN3O5S. The van der Waals surface area contributed by atoms with Gasteiger partial charge in [-0.2, -0.15) is 0 Å². The van der Waals surface area contributed by atoms with Crippen LogP contribution in [0.2, 0.25) is 0 Å². The van der Waals surface area contributed by atoms with Crippen LogP contribution in [-0.2, 0) is 25.8 Å². The zero-order valence-electron chi connectivity index (χ0n) is 22.4. The third-order valence-electron chi connectivity index (χ3n) is 6.99. The minimum atomic E-state index is -3.50. The number of carbonyl (C=O) groups is 2. The third-order valence-corrected chi connectivity index (χ3v) is 8.70. The van der Waals surface area contributed by atoms with Gasteiger partial charge in [0, 0.05) is 18.7 Å². The second-order valence-corrected chi connectivity index (χ2v) is 11.7. The predicted molar refractivity (Wildman–Crippen MR) is 153 cm³/mol. The molecule has 0 radical (unpaired) electrons. The van der Waals surface area contributed by atoms with Crippen molar-refractivity contribution in [3.05, 3.63) is 89.2 Å². The molecule has 0 spiro atoms. The van der Waals surface area contributed by atoms with E-state index in [0.717, 1.165) is 18.7 Å². The maximum atomic E-state index is 13.9. The Labute approximate surface area is 233 Å². The Kier molecular flexibility index (Phi) is 9.11. The highest BCUT2D eigenvalue weighted by atomic mass is 32.2. The number of aryl methyl sites for hydroxylation is 1. The van der Waals surface area contributed by atoms with Crippen molar-refractivity contribution in [3.8, 4) is 0 Å². The van der Waals surface area contributed by atoms with E-state index in [1.165, 1.54) is 24.3 Å². The van der Waals surface area contributed by atoms with Gasteiger partial charge < -0.3 is 15.3 Å². The second-order valence-electron chi connectivity index (χ2n) is 9.58. The number of hydrogen-bond acceptors (Lipinski definition) is 6. The lowest BCUT2D eigenvalue weighted by Gasteiger charge is -2.17. The summed E-state index contributed by atoms with van der Waals surface area (Å²) >= 11 is 0. The first-order valence-electron chi connectivity index (χ1n) is 13.2. The molecule has 1 aliphatic rings. The average molecular weight is 566 g/mol. The Morgan fingerprint density at radius 1 is 1.05 bits per heavy atom. The number of carbonyl (C=O) groups excluding carboxylic acids is 1.